The molecule has 84 valence electrons. The second-order valence-corrected chi connectivity index (χ2v) is 3.81. The molecule has 0 radical (unpaired) electrons. The van der Waals surface area contributed by atoms with Gasteiger partial charge in [0.05, 0.1) is 6.04 Å². The zero-order chi connectivity index (χ0) is 11.4. The molecule has 16 heavy (non-hydrogen) atoms. The number of H-pyrrole nitrogens is 1. The maximum Gasteiger partial charge on any atom is 0.181 e. The Bertz CT molecular complexity index is 435. The Hall–Kier alpha value is -1.68. The minimum atomic E-state index is -0.0463. The topological polar surface area (TPSA) is 67.6 Å². The number of nitrogens with one attached hydrogen (secondary N) is 1. The van der Waals surface area contributed by atoms with Crippen LogP contribution in [0.15, 0.2) is 30.3 Å². The molecule has 4 nitrogen and oxygen atoms in total. The zero-order valence-corrected chi connectivity index (χ0v) is 9.35. The molecular weight excluding hydrogens is 200 g/mol. The van der Waals surface area contributed by atoms with Gasteiger partial charge in [0, 0.05) is 5.56 Å². The summed E-state index contributed by atoms with van der Waals surface area (Å²) in [6.45, 7) is 2.11. The molecule has 1 aromatic heterocycles. The fourth-order valence-corrected chi connectivity index (χ4v) is 1.60. The molecule has 1 heterocycles. The second kappa shape index (κ2) is 4.90. The van der Waals surface area contributed by atoms with E-state index in [0.29, 0.717) is 5.82 Å². The summed E-state index contributed by atoms with van der Waals surface area (Å²) in [4.78, 5) is 4.41. The molecule has 4 heteroatoms. The number of aromatic nitrogens is 3. The SMILES string of the molecule is CCC[C@H](N)c1nc(-c2ccccc2)n[nH]1. The molecule has 0 amide bonds. The Balaban J connectivity index is 2.20. The summed E-state index contributed by atoms with van der Waals surface area (Å²) in [5.41, 5.74) is 6.97. The van der Waals surface area contributed by atoms with Crippen LogP contribution in [0, 0.1) is 0 Å². The van der Waals surface area contributed by atoms with Crippen molar-refractivity contribution in [3.05, 3.63) is 36.2 Å². The van der Waals surface area contributed by atoms with Crippen LogP contribution in [0.4, 0.5) is 0 Å². The lowest BCUT2D eigenvalue weighted by Gasteiger charge is -2.04. The van der Waals surface area contributed by atoms with Gasteiger partial charge < -0.3 is 5.73 Å². The number of benzene rings is 1. The highest BCUT2D eigenvalue weighted by Gasteiger charge is 2.11. The van der Waals surface area contributed by atoms with E-state index in [2.05, 4.69) is 22.1 Å². The van der Waals surface area contributed by atoms with Gasteiger partial charge in [-0.15, -0.1) is 0 Å². The maximum atomic E-state index is 5.96. The van der Waals surface area contributed by atoms with Gasteiger partial charge in [0.15, 0.2) is 5.82 Å². The summed E-state index contributed by atoms with van der Waals surface area (Å²) < 4.78 is 0. The molecule has 0 spiro atoms. The van der Waals surface area contributed by atoms with Gasteiger partial charge in [0.25, 0.3) is 0 Å². The Kier molecular flexibility index (Phi) is 3.31. The Morgan fingerprint density at radius 2 is 2.06 bits per heavy atom. The van der Waals surface area contributed by atoms with Crippen LogP contribution < -0.4 is 5.73 Å². The van der Waals surface area contributed by atoms with E-state index >= 15 is 0 Å². The Morgan fingerprint density at radius 3 is 2.75 bits per heavy atom. The van der Waals surface area contributed by atoms with Crippen molar-refractivity contribution in [2.24, 2.45) is 5.73 Å². The number of nitrogens with zero attached hydrogens (tertiary/aromatic N) is 2. The van der Waals surface area contributed by atoms with Gasteiger partial charge in [-0.3, -0.25) is 5.10 Å². The summed E-state index contributed by atoms with van der Waals surface area (Å²) in [5, 5.41) is 7.08. The van der Waals surface area contributed by atoms with Crippen LogP contribution in [0.3, 0.4) is 0 Å². The molecule has 2 rings (SSSR count). The van der Waals surface area contributed by atoms with Crippen LogP contribution in [0.2, 0.25) is 0 Å². The Morgan fingerprint density at radius 1 is 1.31 bits per heavy atom. The molecule has 0 aliphatic carbocycles. The smallest absolute Gasteiger partial charge is 0.181 e. The summed E-state index contributed by atoms with van der Waals surface area (Å²) >= 11 is 0. The fourth-order valence-electron chi connectivity index (χ4n) is 1.60. The van der Waals surface area contributed by atoms with Gasteiger partial charge in [0.2, 0.25) is 0 Å². The zero-order valence-electron chi connectivity index (χ0n) is 9.35. The minimum Gasteiger partial charge on any atom is -0.321 e. The molecule has 0 aliphatic rings. The molecule has 0 unspecified atom stereocenters. The normalized spacial score (nSPS) is 12.6. The first-order valence-electron chi connectivity index (χ1n) is 5.54. The lowest BCUT2D eigenvalue weighted by atomic mass is 10.2. The number of hydrogen-bond acceptors (Lipinski definition) is 3. The lowest BCUT2D eigenvalue weighted by molar-refractivity contribution is 0.604. The van der Waals surface area contributed by atoms with Crippen molar-refractivity contribution < 1.29 is 0 Å². The van der Waals surface area contributed by atoms with Crippen molar-refractivity contribution in [2.75, 3.05) is 0 Å². The third kappa shape index (κ3) is 2.28. The van der Waals surface area contributed by atoms with Crippen LogP contribution in [0.1, 0.15) is 31.6 Å². The molecule has 0 bridgehead atoms. The third-order valence-corrected chi connectivity index (χ3v) is 2.49. The van der Waals surface area contributed by atoms with Gasteiger partial charge in [-0.2, -0.15) is 5.10 Å². The molecule has 2 aromatic rings. The third-order valence-electron chi connectivity index (χ3n) is 2.49. The molecule has 3 N–H and O–H groups in total. The average Bonchev–Trinajstić information content (AvgIpc) is 2.80. The van der Waals surface area contributed by atoms with E-state index in [4.69, 9.17) is 5.73 Å². The summed E-state index contributed by atoms with van der Waals surface area (Å²) in [7, 11) is 0. The Labute approximate surface area is 94.9 Å². The van der Waals surface area contributed by atoms with Gasteiger partial charge in [-0.05, 0) is 6.42 Å². The number of hydrogen-bond donors (Lipinski definition) is 2. The highest BCUT2D eigenvalue weighted by molar-refractivity contribution is 5.53. The van der Waals surface area contributed by atoms with Gasteiger partial charge in [-0.1, -0.05) is 43.7 Å². The van der Waals surface area contributed by atoms with E-state index in [-0.39, 0.29) is 6.04 Å². The molecule has 1 atom stereocenters. The average molecular weight is 216 g/mol. The quantitative estimate of drug-likeness (QED) is 0.823. The standard InChI is InChI=1S/C12H16N4/c1-2-6-10(13)12-14-11(15-16-12)9-7-4-3-5-8-9/h3-5,7-8,10H,2,6,13H2,1H3,(H,14,15,16)/t10-/m0/s1. The first-order valence-corrected chi connectivity index (χ1v) is 5.54. The van der Waals surface area contributed by atoms with Crippen molar-refractivity contribution in [3.63, 3.8) is 0 Å². The van der Waals surface area contributed by atoms with Crippen LogP contribution in [0.5, 0.6) is 0 Å². The van der Waals surface area contributed by atoms with Crippen LogP contribution in [0.25, 0.3) is 11.4 Å². The molecule has 0 fully saturated rings. The van der Waals surface area contributed by atoms with E-state index in [1.54, 1.807) is 0 Å². The van der Waals surface area contributed by atoms with Gasteiger partial charge >= 0.3 is 0 Å². The second-order valence-electron chi connectivity index (χ2n) is 3.81. The highest BCUT2D eigenvalue weighted by Crippen LogP contribution is 2.17. The van der Waals surface area contributed by atoms with Crippen molar-refractivity contribution in [2.45, 2.75) is 25.8 Å². The fraction of sp³-hybridized carbons (Fsp3) is 0.333. The van der Waals surface area contributed by atoms with E-state index in [1.807, 2.05) is 30.3 Å². The highest BCUT2D eigenvalue weighted by atomic mass is 15.2. The van der Waals surface area contributed by atoms with Gasteiger partial charge in [-0.25, -0.2) is 4.98 Å². The maximum absolute atomic E-state index is 5.96. The summed E-state index contributed by atoms with van der Waals surface area (Å²) in [6, 6.07) is 9.83. The molecule has 1 aromatic carbocycles. The number of nitrogens with two attached hydrogens (primary N) is 1. The largest absolute Gasteiger partial charge is 0.321 e. The van der Waals surface area contributed by atoms with Crippen LogP contribution >= 0.6 is 0 Å². The number of rotatable bonds is 4. The lowest BCUT2D eigenvalue weighted by Crippen LogP contribution is -2.11. The predicted molar refractivity (Wildman–Crippen MR) is 63.7 cm³/mol. The molecule has 0 aliphatic heterocycles. The van der Waals surface area contributed by atoms with Crippen LogP contribution in [-0.4, -0.2) is 15.2 Å². The first kappa shape index (κ1) is 10.8. The molecule has 0 saturated heterocycles. The van der Waals surface area contributed by atoms with Crippen molar-refractivity contribution in [1.29, 1.82) is 0 Å². The predicted octanol–water partition coefficient (Wildman–Crippen LogP) is 2.27. The molecular formula is C12H16N4. The van der Waals surface area contributed by atoms with E-state index < -0.39 is 0 Å². The van der Waals surface area contributed by atoms with E-state index in [9.17, 15) is 0 Å². The van der Waals surface area contributed by atoms with E-state index in [0.717, 1.165) is 24.2 Å². The summed E-state index contributed by atoms with van der Waals surface area (Å²) in [6.07, 6.45) is 1.96. The first-order chi connectivity index (χ1) is 7.81. The minimum absolute atomic E-state index is 0.0463. The molecule has 0 saturated carbocycles. The van der Waals surface area contributed by atoms with Crippen LogP contribution in [-0.2, 0) is 0 Å². The van der Waals surface area contributed by atoms with E-state index in [1.165, 1.54) is 0 Å². The van der Waals surface area contributed by atoms with Crippen molar-refractivity contribution >= 4 is 0 Å². The van der Waals surface area contributed by atoms with Crippen molar-refractivity contribution in [3.8, 4) is 11.4 Å². The van der Waals surface area contributed by atoms with Crippen molar-refractivity contribution in [1.82, 2.24) is 15.2 Å². The monoisotopic (exact) mass is 216 g/mol. The number of aromatic amines is 1. The summed E-state index contributed by atoms with van der Waals surface area (Å²) in [5.74, 6) is 1.47. The van der Waals surface area contributed by atoms with Gasteiger partial charge in [0.1, 0.15) is 5.82 Å².